The van der Waals surface area contributed by atoms with Crippen LogP contribution in [0.1, 0.15) is 20.8 Å². The summed E-state index contributed by atoms with van der Waals surface area (Å²) in [6, 6.07) is 0. The highest BCUT2D eigenvalue weighted by Crippen LogP contribution is 2.07. The minimum atomic E-state index is -0.854. The van der Waals surface area contributed by atoms with E-state index in [1.54, 1.807) is 35.7 Å². The Balaban J connectivity index is 0.000000235. The Kier molecular flexibility index (Phi) is 6.30. The smallest absolute Gasteiger partial charge is 0.326 e. The molecule has 0 radical (unpaired) electrons. The van der Waals surface area contributed by atoms with Crippen LogP contribution in [0.15, 0.2) is 37.4 Å². The zero-order chi connectivity index (χ0) is 16.6. The van der Waals surface area contributed by atoms with Gasteiger partial charge < -0.3 is 19.0 Å². The van der Waals surface area contributed by atoms with Crippen molar-refractivity contribution in [1.82, 2.24) is 19.1 Å². The number of hydrogen-bond acceptors (Lipinski definition) is 5. The molecule has 22 heavy (non-hydrogen) atoms. The van der Waals surface area contributed by atoms with Gasteiger partial charge in [-0.3, -0.25) is 9.59 Å². The summed E-state index contributed by atoms with van der Waals surface area (Å²) in [5, 5.41) is 8.24. The number of imidazole rings is 2. The number of esters is 1. The molecule has 0 saturated carbocycles. The molecule has 0 unspecified atom stereocenters. The highest BCUT2D eigenvalue weighted by molar-refractivity contribution is 5.69. The monoisotopic (exact) mass is 308 g/mol. The number of carboxylic acids is 1. The fourth-order valence-electron chi connectivity index (χ4n) is 1.44. The van der Waals surface area contributed by atoms with Crippen molar-refractivity contribution in [2.75, 3.05) is 0 Å². The van der Waals surface area contributed by atoms with Gasteiger partial charge in [0.15, 0.2) is 0 Å². The molecule has 2 rings (SSSR count). The minimum Gasteiger partial charge on any atom is -0.480 e. The van der Waals surface area contributed by atoms with E-state index in [2.05, 4.69) is 9.97 Å². The van der Waals surface area contributed by atoms with Crippen molar-refractivity contribution in [1.29, 1.82) is 0 Å². The van der Waals surface area contributed by atoms with Crippen LogP contribution in [0.3, 0.4) is 0 Å². The molecule has 2 aromatic rings. The van der Waals surface area contributed by atoms with Crippen molar-refractivity contribution in [2.45, 2.75) is 39.5 Å². The predicted octanol–water partition coefficient (Wildman–Crippen LogP) is 1.19. The summed E-state index contributed by atoms with van der Waals surface area (Å²) in [4.78, 5) is 28.8. The van der Waals surface area contributed by atoms with Crippen LogP contribution in [0, 0.1) is 0 Å². The van der Waals surface area contributed by atoms with Gasteiger partial charge in [0.2, 0.25) is 0 Å². The van der Waals surface area contributed by atoms with Crippen LogP contribution in [-0.4, -0.2) is 41.7 Å². The lowest BCUT2D eigenvalue weighted by atomic mass is 10.2. The summed E-state index contributed by atoms with van der Waals surface area (Å²) in [5.41, 5.74) is -0.419. The Morgan fingerprint density at radius 1 is 1.05 bits per heavy atom. The summed E-state index contributed by atoms with van der Waals surface area (Å²) in [5.74, 6) is -1.10. The van der Waals surface area contributed by atoms with E-state index in [1.165, 1.54) is 10.9 Å². The van der Waals surface area contributed by atoms with Crippen molar-refractivity contribution >= 4 is 11.9 Å². The summed E-state index contributed by atoms with van der Waals surface area (Å²) >= 11 is 0. The molecule has 8 heteroatoms. The maximum atomic E-state index is 11.3. The number of aromatic nitrogens is 4. The number of hydrogen-bond donors (Lipinski definition) is 1. The average Bonchev–Trinajstić information content (AvgIpc) is 2.99. The van der Waals surface area contributed by atoms with Gasteiger partial charge in [0.1, 0.15) is 18.7 Å². The van der Waals surface area contributed by atoms with Gasteiger partial charge in [-0.25, -0.2) is 9.97 Å². The number of rotatable bonds is 4. The minimum absolute atomic E-state index is 0.0139. The molecule has 0 aliphatic rings. The van der Waals surface area contributed by atoms with Gasteiger partial charge in [-0.05, 0) is 20.8 Å². The third kappa shape index (κ3) is 7.83. The zero-order valence-corrected chi connectivity index (χ0v) is 12.8. The Hall–Kier alpha value is -2.64. The molecule has 0 atom stereocenters. The second-order valence-electron chi connectivity index (χ2n) is 5.45. The van der Waals surface area contributed by atoms with Crippen LogP contribution in [0.4, 0.5) is 0 Å². The van der Waals surface area contributed by atoms with E-state index >= 15 is 0 Å². The van der Waals surface area contributed by atoms with E-state index in [0.29, 0.717) is 0 Å². The standard InChI is InChI=1S/C9H14N2O2.C5H6N2O2/c1-9(2,3)13-8(12)6-11-5-4-10-7-11;8-5(9)3-7-2-1-6-4-7/h4-5,7H,6H2,1-3H3;1-2,4H,3H2,(H,8,9). The average molecular weight is 308 g/mol. The first-order valence-corrected chi connectivity index (χ1v) is 6.61. The normalized spacial score (nSPS) is 10.5. The molecule has 2 aromatic heterocycles. The van der Waals surface area contributed by atoms with E-state index in [1.807, 2.05) is 20.8 Å². The first-order valence-electron chi connectivity index (χ1n) is 6.61. The van der Waals surface area contributed by atoms with Gasteiger partial charge in [0.05, 0.1) is 12.7 Å². The van der Waals surface area contributed by atoms with Crippen LogP contribution in [0.2, 0.25) is 0 Å². The number of carboxylic acid groups (broad SMARTS) is 1. The third-order valence-corrected chi connectivity index (χ3v) is 2.17. The van der Waals surface area contributed by atoms with Crippen molar-refractivity contribution in [2.24, 2.45) is 0 Å². The molecule has 0 aromatic carbocycles. The molecule has 0 bridgehead atoms. The van der Waals surface area contributed by atoms with Gasteiger partial charge in [0.25, 0.3) is 0 Å². The highest BCUT2D eigenvalue weighted by Gasteiger charge is 2.15. The Morgan fingerprint density at radius 2 is 1.55 bits per heavy atom. The fraction of sp³-hybridized carbons (Fsp3) is 0.429. The molecule has 120 valence electrons. The van der Waals surface area contributed by atoms with Gasteiger partial charge in [-0.2, -0.15) is 0 Å². The maximum absolute atomic E-state index is 11.3. The lowest BCUT2D eigenvalue weighted by Gasteiger charge is -2.19. The van der Waals surface area contributed by atoms with Crippen LogP contribution in [-0.2, 0) is 27.4 Å². The van der Waals surface area contributed by atoms with E-state index in [4.69, 9.17) is 9.84 Å². The van der Waals surface area contributed by atoms with Crippen LogP contribution >= 0.6 is 0 Å². The predicted molar refractivity (Wildman–Crippen MR) is 77.9 cm³/mol. The molecule has 1 N–H and O–H groups in total. The molecule has 8 nitrogen and oxygen atoms in total. The van der Waals surface area contributed by atoms with Crippen molar-refractivity contribution < 1.29 is 19.4 Å². The van der Waals surface area contributed by atoms with Gasteiger partial charge in [-0.15, -0.1) is 0 Å². The van der Waals surface area contributed by atoms with Crippen LogP contribution < -0.4 is 0 Å². The van der Waals surface area contributed by atoms with E-state index in [-0.39, 0.29) is 19.1 Å². The lowest BCUT2D eigenvalue weighted by Crippen LogP contribution is -2.26. The first kappa shape index (κ1) is 17.4. The third-order valence-electron chi connectivity index (χ3n) is 2.17. The largest absolute Gasteiger partial charge is 0.480 e. The van der Waals surface area contributed by atoms with Crippen LogP contribution in [0.5, 0.6) is 0 Å². The molecule has 0 saturated heterocycles. The van der Waals surface area contributed by atoms with Crippen LogP contribution in [0.25, 0.3) is 0 Å². The molecule has 0 aliphatic heterocycles. The molecular formula is C14H20N4O4. The number of ether oxygens (including phenoxy) is 1. The summed E-state index contributed by atoms with van der Waals surface area (Å²) in [6.07, 6.45) is 9.56. The summed E-state index contributed by atoms with van der Waals surface area (Å²) < 4.78 is 8.29. The van der Waals surface area contributed by atoms with E-state index in [0.717, 1.165) is 0 Å². The summed E-state index contributed by atoms with van der Waals surface area (Å²) in [6.45, 7) is 5.74. The van der Waals surface area contributed by atoms with Crippen molar-refractivity contribution in [3.63, 3.8) is 0 Å². The van der Waals surface area contributed by atoms with E-state index in [9.17, 15) is 9.59 Å². The second kappa shape index (κ2) is 7.96. The SMILES string of the molecule is CC(C)(C)OC(=O)Cn1ccnc1.O=C(O)Cn1ccnc1. The van der Waals surface area contributed by atoms with Gasteiger partial charge >= 0.3 is 11.9 Å². The molecule has 2 heterocycles. The molecule has 0 aliphatic carbocycles. The Morgan fingerprint density at radius 3 is 1.91 bits per heavy atom. The zero-order valence-electron chi connectivity index (χ0n) is 12.8. The van der Waals surface area contributed by atoms with E-state index < -0.39 is 11.6 Å². The quantitative estimate of drug-likeness (QED) is 0.852. The Labute approximate surface area is 128 Å². The lowest BCUT2D eigenvalue weighted by molar-refractivity contribution is -0.155. The number of carbonyl (C=O) groups is 2. The number of aliphatic carboxylic acids is 1. The molecule has 0 fully saturated rings. The first-order chi connectivity index (χ1) is 10.3. The van der Waals surface area contributed by atoms with Gasteiger partial charge in [0, 0.05) is 24.8 Å². The second-order valence-corrected chi connectivity index (χ2v) is 5.45. The number of carbonyl (C=O) groups excluding carboxylic acids is 1. The fourth-order valence-corrected chi connectivity index (χ4v) is 1.44. The maximum Gasteiger partial charge on any atom is 0.326 e. The highest BCUT2D eigenvalue weighted by atomic mass is 16.6. The summed E-state index contributed by atoms with van der Waals surface area (Å²) in [7, 11) is 0. The van der Waals surface area contributed by atoms with Gasteiger partial charge in [-0.1, -0.05) is 0 Å². The molecule has 0 spiro atoms. The van der Waals surface area contributed by atoms with Crippen molar-refractivity contribution in [3.05, 3.63) is 37.4 Å². The number of nitrogens with zero attached hydrogens (tertiary/aromatic N) is 4. The molecular weight excluding hydrogens is 288 g/mol. The van der Waals surface area contributed by atoms with Crippen molar-refractivity contribution in [3.8, 4) is 0 Å². The molecule has 0 amide bonds. The Bertz CT molecular complexity index is 571. The topological polar surface area (TPSA) is 99.2 Å².